The van der Waals surface area contributed by atoms with Gasteiger partial charge in [0.25, 0.3) is 0 Å². The molecule has 1 aromatic rings. The van der Waals surface area contributed by atoms with Gasteiger partial charge in [-0.1, -0.05) is 19.1 Å². The molecule has 1 aromatic carbocycles. The molecule has 0 aliphatic carbocycles. The Balaban J connectivity index is 1.56. The van der Waals surface area contributed by atoms with E-state index in [0.29, 0.717) is 0 Å². The third-order valence-corrected chi connectivity index (χ3v) is 4.57. The Morgan fingerprint density at radius 2 is 1.84 bits per heavy atom. The van der Waals surface area contributed by atoms with Gasteiger partial charge < -0.3 is 10.2 Å². The maximum atomic E-state index is 3.47. The molecule has 0 aromatic heterocycles. The number of piperazine rings is 1. The summed E-state index contributed by atoms with van der Waals surface area (Å²) in [5.41, 5.74) is 2.82. The Morgan fingerprint density at radius 1 is 1.11 bits per heavy atom. The lowest BCUT2D eigenvalue weighted by Crippen LogP contribution is -2.51. The van der Waals surface area contributed by atoms with E-state index in [4.69, 9.17) is 0 Å². The number of hydrogen-bond donors (Lipinski definition) is 1. The summed E-state index contributed by atoms with van der Waals surface area (Å²) >= 11 is 0. The molecule has 2 aliphatic heterocycles. The van der Waals surface area contributed by atoms with Crippen molar-refractivity contribution in [1.82, 2.24) is 10.2 Å². The Morgan fingerprint density at radius 3 is 2.42 bits per heavy atom. The van der Waals surface area contributed by atoms with E-state index in [2.05, 4.69) is 46.3 Å². The largest absolute Gasteiger partial charge is 0.369 e. The van der Waals surface area contributed by atoms with Crippen LogP contribution in [-0.4, -0.2) is 50.2 Å². The lowest BCUT2D eigenvalue weighted by atomic mass is 10.1. The predicted molar refractivity (Wildman–Crippen MR) is 80.9 cm³/mol. The second-order valence-corrected chi connectivity index (χ2v) is 5.69. The normalized spacial score (nSPS) is 24.9. The summed E-state index contributed by atoms with van der Waals surface area (Å²) in [6, 6.07) is 9.88. The Bertz CT molecular complexity index is 387. The monoisotopic (exact) mass is 259 g/mol. The molecule has 0 bridgehead atoms. The Kier molecular flexibility index (Phi) is 4.04. The Hall–Kier alpha value is -1.06. The van der Waals surface area contributed by atoms with Crippen LogP contribution in [0.2, 0.25) is 0 Å². The topological polar surface area (TPSA) is 18.5 Å². The first-order valence-corrected chi connectivity index (χ1v) is 7.65. The second-order valence-electron chi connectivity index (χ2n) is 5.69. The van der Waals surface area contributed by atoms with Gasteiger partial charge in [-0.15, -0.1) is 0 Å². The highest BCUT2D eigenvalue weighted by Gasteiger charge is 2.25. The summed E-state index contributed by atoms with van der Waals surface area (Å²) in [6.45, 7) is 9.35. The van der Waals surface area contributed by atoms with E-state index in [1.54, 1.807) is 0 Å². The summed E-state index contributed by atoms with van der Waals surface area (Å²) in [5.74, 6) is 0. The number of nitrogens with zero attached hydrogens (tertiary/aromatic N) is 2. The van der Waals surface area contributed by atoms with Crippen molar-refractivity contribution in [1.29, 1.82) is 0 Å². The SMILES string of the molecule is CCc1ccc(N2CCN(C3CCNC3)CC2)cc1. The molecule has 2 fully saturated rings. The van der Waals surface area contributed by atoms with Crippen molar-refractivity contribution < 1.29 is 0 Å². The van der Waals surface area contributed by atoms with Crippen LogP contribution in [0, 0.1) is 0 Å². The van der Waals surface area contributed by atoms with Crippen LogP contribution in [0.5, 0.6) is 0 Å². The fourth-order valence-corrected chi connectivity index (χ4v) is 3.24. The lowest BCUT2D eigenvalue weighted by molar-refractivity contribution is 0.196. The van der Waals surface area contributed by atoms with Gasteiger partial charge in [-0.2, -0.15) is 0 Å². The minimum Gasteiger partial charge on any atom is -0.369 e. The molecule has 2 heterocycles. The van der Waals surface area contributed by atoms with Crippen LogP contribution in [0.25, 0.3) is 0 Å². The van der Waals surface area contributed by atoms with Gasteiger partial charge in [0.1, 0.15) is 0 Å². The highest BCUT2D eigenvalue weighted by molar-refractivity contribution is 5.48. The number of aryl methyl sites for hydroxylation is 1. The molecule has 0 amide bonds. The summed E-state index contributed by atoms with van der Waals surface area (Å²) in [4.78, 5) is 5.19. The van der Waals surface area contributed by atoms with Gasteiger partial charge in [-0.25, -0.2) is 0 Å². The first kappa shape index (κ1) is 12.9. The molecule has 2 saturated heterocycles. The number of anilines is 1. The highest BCUT2D eigenvalue weighted by atomic mass is 15.3. The van der Waals surface area contributed by atoms with Crippen LogP contribution in [0.1, 0.15) is 18.9 Å². The zero-order valence-corrected chi connectivity index (χ0v) is 11.9. The second kappa shape index (κ2) is 5.93. The maximum absolute atomic E-state index is 3.47. The molecule has 2 aliphatic rings. The van der Waals surface area contributed by atoms with E-state index in [-0.39, 0.29) is 0 Å². The lowest BCUT2D eigenvalue weighted by Gasteiger charge is -2.39. The van der Waals surface area contributed by atoms with Crippen molar-refractivity contribution >= 4 is 5.69 Å². The molecule has 104 valence electrons. The summed E-state index contributed by atoms with van der Waals surface area (Å²) in [7, 11) is 0. The maximum Gasteiger partial charge on any atom is 0.0367 e. The number of benzene rings is 1. The first-order valence-electron chi connectivity index (χ1n) is 7.65. The van der Waals surface area contributed by atoms with Gasteiger partial charge in [-0.05, 0) is 37.1 Å². The van der Waals surface area contributed by atoms with E-state index >= 15 is 0 Å². The third-order valence-electron chi connectivity index (χ3n) is 4.57. The predicted octanol–water partition coefficient (Wildman–Crippen LogP) is 1.73. The van der Waals surface area contributed by atoms with Gasteiger partial charge in [0.15, 0.2) is 0 Å². The number of hydrogen-bond acceptors (Lipinski definition) is 3. The molecule has 0 radical (unpaired) electrons. The van der Waals surface area contributed by atoms with Crippen molar-refractivity contribution in [2.45, 2.75) is 25.8 Å². The molecule has 0 spiro atoms. The van der Waals surface area contributed by atoms with Crippen LogP contribution in [-0.2, 0) is 6.42 Å². The van der Waals surface area contributed by atoms with Gasteiger partial charge >= 0.3 is 0 Å². The average molecular weight is 259 g/mol. The molecule has 1 unspecified atom stereocenters. The summed E-state index contributed by atoms with van der Waals surface area (Å²) < 4.78 is 0. The molecule has 3 nitrogen and oxygen atoms in total. The van der Waals surface area contributed by atoms with Gasteiger partial charge in [0, 0.05) is 44.5 Å². The van der Waals surface area contributed by atoms with Gasteiger partial charge in [-0.3, -0.25) is 4.90 Å². The number of rotatable bonds is 3. The van der Waals surface area contributed by atoms with Crippen LogP contribution in [0.15, 0.2) is 24.3 Å². The minimum absolute atomic E-state index is 0.782. The van der Waals surface area contributed by atoms with Crippen LogP contribution in [0.4, 0.5) is 5.69 Å². The van der Waals surface area contributed by atoms with E-state index in [0.717, 1.165) is 12.5 Å². The standard InChI is InChI=1S/C16H25N3/c1-2-14-3-5-15(6-4-14)18-9-11-19(12-10-18)16-7-8-17-13-16/h3-6,16-17H,2,7-13H2,1H3. The summed E-state index contributed by atoms with van der Waals surface area (Å²) in [6.07, 6.45) is 2.45. The Labute approximate surface area is 116 Å². The summed E-state index contributed by atoms with van der Waals surface area (Å²) in [5, 5.41) is 3.47. The quantitative estimate of drug-likeness (QED) is 0.892. The van der Waals surface area contributed by atoms with Crippen LogP contribution >= 0.6 is 0 Å². The van der Waals surface area contributed by atoms with Gasteiger partial charge in [0.2, 0.25) is 0 Å². The van der Waals surface area contributed by atoms with Crippen LogP contribution in [0.3, 0.4) is 0 Å². The zero-order chi connectivity index (χ0) is 13.1. The molecular formula is C16H25N3. The molecule has 1 atom stereocenters. The third kappa shape index (κ3) is 2.93. The minimum atomic E-state index is 0.782. The smallest absolute Gasteiger partial charge is 0.0367 e. The van der Waals surface area contributed by atoms with Crippen molar-refractivity contribution in [2.75, 3.05) is 44.2 Å². The fraction of sp³-hybridized carbons (Fsp3) is 0.625. The molecule has 1 N–H and O–H groups in total. The first-order chi connectivity index (χ1) is 9.36. The number of nitrogens with one attached hydrogen (secondary N) is 1. The van der Waals surface area contributed by atoms with Crippen molar-refractivity contribution in [3.8, 4) is 0 Å². The van der Waals surface area contributed by atoms with Crippen molar-refractivity contribution in [3.63, 3.8) is 0 Å². The van der Waals surface area contributed by atoms with Gasteiger partial charge in [0.05, 0.1) is 0 Å². The zero-order valence-electron chi connectivity index (χ0n) is 11.9. The highest BCUT2D eigenvalue weighted by Crippen LogP contribution is 2.19. The fourth-order valence-electron chi connectivity index (χ4n) is 3.24. The van der Waals surface area contributed by atoms with Crippen LogP contribution < -0.4 is 10.2 Å². The van der Waals surface area contributed by atoms with E-state index < -0.39 is 0 Å². The average Bonchev–Trinajstić information content (AvgIpc) is 3.02. The van der Waals surface area contributed by atoms with E-state index in [1.807, 2.05) is 0 Å². The molecule has 3 heteroatoms. The molecule has 3 rings (SSSR count). The van der Waals surface area contributed by atoms with E-state index in [9.17, 15) is 0 Å². The van der Waals surface area contributed by atoms with Crippen molar-refractivity contribution in [3.05, 3.63) is 29.8 Å². The van der Waals surface area contributed by atoms with Crippen molar-refractivity contribution in [2.24, 2.45) is 0 Å². The molecule has 0 saturated carbocycles. The molecular weight excluding hydrogens is 234 g/mol. The molecule has 19 heavy (non-hydrogen) atoms. The van der Waals surface area contributed by atoms with E-state index in [1.165, 1.54) is 56.9 Å².